The molecule has 24 heavy (non-hydrogen) atoms. The van der Waals surface area contributed by atoms with Crippen molar-refractivity contribution < 1.29 is 14.6 Å². The molecule has 4 N–H and O–H groups in total. The maximum atomic E-state index is 5.71. The van der Waals surface area contributed by atoms with Crippen LogP contribution in [0.1, 0.15) is 18.5 Å². The summed E-state index contributed by atoms with van der Waals surface area (Å²) in [7, 11) is 0. The van der Waals surface area contributed by atoms with Crippen LogP contribution >= 0.6 is 0 Å². The molecule has 2 aromatic rings. The molecule has 2 atom stereocenters. The third-order valence-corrected chi connectivity index (χ3v) is 4.60. The van der Waals surface area contributed by atoms with Gasteiger partial charge in [0.1, 0.15) is 12.6 Å². The number of aryl methyl sites for hydroxylation is 1. The minimum absolute atomic E-state index is 0.407. The fourth-order valence-electron chi connectivity index (χ4n) is 3.31. The molecule has 1 fully saturated rings. The minimum atomic E-state index is 0.407. The fraction of sp³-hybridized carbons (Fsp3) is 0.471. The van der Waals surface area contributed by atoms with Crippen molar-refractivity contribution in [3.63, 3.8) is 0 Å². The topological polar surface area (TPSA) is 77.5 Å². The zero-order valence-corrected chi connectivity index (χ0v) is 13.9. The number of ether oxygens (including phenoxy) is 1. The predicted molar refractivity (Wildman–Crippen MR) is 91.5 cm³/mol. The van der Waals surface area contributed by atoms with E-state index in [4.69, 9.17) is 4.74 Å². The second-order valence-corrected chi connectivity index (χ2v) is 6.45. The van der Waals surface area contributed by atoms with Gasteiger partial charge in [-0.05, 0) is 25.8 Å². The van der Waals surface area contributed by atoms with Crippen LogP contribution in [0.4, 0.5) is 5.95 Å². The van der Waals surface area contributed by atoms with Crippen LogP contribution in [0.25, 0.3) is 10.9 Å². The van der Waals surface area contributed by atoms with Gasteiger partial charge in [0.05, 0.1) is 11.2 Å². The summed E-state index contributed by atoms with van der Waals surface area (Å²) >= 11 is 0. The number of quaternary nitrogens is 1. The Kier molecular flexibility index (Phi) is 4.27. The number of hydrogen-bond acceptors (Lipinski definition) is 5. The Hall–Kier alpha value is -2.25. The third-order valence-electron chi connectivity index (χ3n) is 4.60. The van der Waals surface area contributed by atoms with Gasteiger partial charge in [0.25, 0.3) is 5.95 Å². The molecule has 0 radical (unpaired) electrons. The summed E-state index contributed by atoms with van der Waals surface area (Å²) in [5, 5.41) is 7.72. The number of aromatic nitrogens is 2. The Bertz CT molecular complexity index is 756. The average Bonchev–Trinajstić information content (AvgIpc) is 3.10. The Labute approximate surface area is 141 Å². The number of rotatable bonds is 3. The number of anilines is 1. The first kappa shape index (κ1) is 15.3. The first-order valence-corrected chi connectivity index (χ1v) is 8.58. The van der Waals surface area contributed by atoms with E-state index in [1.807, 2.05) is 31.2 Å². The summed E-state index contributed by atoms with van der Waals surface area (Å²) in [6, 6.07) is 8.06. The van der Waals surface area contributed by atoms with Crippen molar-refractivity contribution in [1.29, 1.82) is 0 Å². The first-order chi connectivity index (χ1) is 11.8. The number of nitrogens with zero attached hydrogens (tertiary/aromatic N) is 2. The third kappa shape index (κ3) is 3.32. The Morgan fingerprint density at radius 1 is 1.38 bits per heavy atom. The van der Waals surface area contributed by atoms with Crippen molar-refractivity contribution in [1.82, 2.24) is 15.3 Å². The maximum Gasteiger partial charge on any atom is 0.359 e. The van der Waals surface area contributed by atoms with Gasteiger partial charge in [0, 0.05) is 12.0 Å². The Morgan fingerprint density at radius 2 is 2.29 bits per heavy atom. The standard InChI is InChI=1S/C17H22N6O/c1-12-14-6-2-3-7-15(14)21-17(20-12)22-16-18-10-23(11-19-16)9-13-5-4-8-24-13/h2-3,6-7,13H,4-5,8-11H2,1H3,(H2,18,19,20,21,22)/p+2/t13-/m1/s1. The molecule has 4 rings (SSSR count). The van der Waals surface area contributed by atoms with E-state index in [2.05, 4.69) is 25.6 Å². The number of fused-ring (bicyclic) bond motifs is 1. The molecule has 2 aliphatic rings. The lowest BCUT2D eigenvalue weighted by Crippen LogP contribution is -3.24. The van der Waals surface area contributed by atoms with Gasteiger partial charge < -0.3 is 4.74 Å². The SMILES string of the molecule is Cc1nc(NC2=[NH+]C[NH+](C[C@H]3CCCO3)CN2)nc2ccccc12. The number of benzene rings is 1. The lowest BCUT2D eigenvalue weighted by molar-refractivity contribution is -0.982. The lowest BCUT2D eigenvalue weighted by Gasteiger charge is -2.22. The van der Waals surface area contributed by atoms with Crippen LogP contribution in [0.3, 0.4) is 0 Å². The molecule has 0 bridgehead atoms. The Morgan fingerprint density at radius 3 is 3.08 bits per heavy atom. The van der Waals surface area contributed by atoms with Crippen molar-refractivity contribution in [2.24, 2.45) is 0 Å². The molecule has 1 aromatic heterocycles. The molecule has 1 unspecified atom stereocenters. The molecule has 0 amide bonds. The maximum absolute atomic E-state index is 5.71. The van der Waals surface area contributed by atoms with E-state index in [9.17, 15) is 0 Å². The van der Waals surface area contributed by atoms with Crippen LogP contribution in [0, 0.1) is 6.92 Å². The van der Waals surface area contributed by atoms with Crippen LogP contribution in [0.5, 0.6) is 0 Å². The van der Waals surface area contributed by atoms with Crippen molar-refractivity contribution in [2.75, 3.05) is 31.8 Å². The van der Waals surface area contributed by atoms with Crippen molar-refractivity contribution in [3.05, 3.63) is 30.0 Å². The van der Waals surface area contributed by atoms with Gasteiger partial charge in [-0.25, -0.2) is 20.6 Å². The van der Waals surface area contributed by atoms with E-state index in [0.29, 0.717) is 12.1 Å². The zero-order valence-electron chi connectivity index (χ0n) is 13.9. The van der Waals surface area contributed by atoms with Gasteiger partial charge >= 0.3 is 5.96 Å². The van der Waals surface area contributed by atoms with Crippen LogP contribution in [-0.2, 0) is 4.74 Å². The quantitative estimate of drug-likeness (QED) is 0.544. The van der Waals surface area contributed by atoms with Crippen molar-refractivity contribution in [2.45, 2.75) is 25.9 Å². The molecule has 1 aromatic carbocycles. The van der Waals surface area contributed by atoms with E-state index < -0.39 is 0 Å². The van der Waals surface area contributed by atoms with Crippen LogP contribution in [0.2, 0.25) is 0 Å². The van der Waals surface area contributed by atoms with Gasteiger partial charge in [-0.1, -0.05) is 18.2 Å². The second-order valence-electron chi connectivity index (χ2n) is 6.45. The van der Waals surface area contributed by atoms with E-state index in [0.717, 1.165) is 49.0 Å². The predicted octanol–water partition coefficient (Wildman–Crippen LogP) is -1.63. The van der Waals surface area contributed by atoms with E-state index in [1.165, 1.54) is 17.7 Å². The summed E-state index contributed by atoms with van der Waals surface area (Å²) < 4.78 is 5.71. The molecular weight excluding hydrogens is 304 g/mol. The molecule has 3 heterocycles. The molecule has 7 heteroatoms. The molecule has 2 aliphatic heterocycles. The summed E-state index contributed by atoms with van der Waals surface area (Å²) in [5.41, 5.74) is 1.93. The Balaban J connectivity index is 1.41. The molecular formula is C17H24N6O+2. The highest BCUT2D eigenvalue weighted by molar-refractivity contribution is 5.89. The van der Waals surface area contributed by atoms with Gasteiger partial charge in [-0.2, -0.15) is 4.98 Å². The van der Waals surface area contributed by atoms with E-state index >= 15 is 0 Å². The monoisotopic (exact) mass is 328 g/mol. The second kappa shape index (κ2) is 6.70. The summed E-state index contributed by atoms with van der Waals surface area (Å²) in [6.45, 7) is 5.69. The first-order valence-electron chi connectivity index (χ1n) is 8.58. The van der Waals surface area contributed by atoms with Crippen LogP contribution in [-0.4, -0.2) is 48.5 Å². The molecule has 7 nitrogen and oxygen atoms in total. The minimum Gasteiger partial charge on any atom is -0.372 e. The number of hydrogen-bond donors (Lipinski definition) is 4. The molecule has 0 saturated carbocycles. The highest BCUT2D eigenvalue weighted by Gasteiger charge is 2.26. The molecule has 0 spiro atoms. The highest BCUT2D eigenvalue weighted by atomic mass is 16.5. The van der Waals surface area contributed by atoms with Gasteiger partial charge in [-0.15, -0.1) is 0 Å². The molecule has 1 saturated heterocycles. The fourth-order valence-corrected chi connectivity index (χ4v) is 3.31. The normalized spacial score (nSPS) is 23.8. The largest absolute Gasteiger partial charge is 0.372 e. The highest BCUT2D eigenvalue weighted by Crippen LogP contribution is 2.16. The van der Waals surface area contributed by atoms with Crippen molar-refractivity contribution in [3.8, 4) is 0 Å². The summed E-state index contributed by atoms with van der Waals surface area (Å²) in [6.07, 6.45) is 2.78. The number of para-hydroxylation sites is 1. The molecule has 0 aliphatic carbocycles. The average molecular weight is 328 g/mol. The van der Waals surface area contributed by atoms with E-state index in [-0.39, 0.29) is 0 Å². The van der Waals surface area contributed by atoms with E-state index in [1.54, 1.807) is 0 Å². The molecule has 126 valence electrons. The van der Waals surface area contributed by atoms with Crippen LogP contribution in [0.15, 0.2) is 24.3 Å². The summed E-state index contributed by atoms with van der Waals surface area (Å²) in [4.78, 5) is 14.0. The van der Waals surface area contributed by atoms with Crippen molar-refractivity contribution >= 4 is 22.8 Å². The lowest BCUT2D eigenvalue weighted by atomic mass is 10.2. The summed E-state index contributed by atoms with van der Waals surface area (Å²) in [5.74, 6) is 1.48. The number of nitrogens with one attached hydrogen (secondary N) is 4. The van der Waals surface area contributed by atoms with Crippen LogP contribution < -0.4 is 20.5 Å². The zero-order chi connectivity index (χ0) is 16.4. The van der Waals surface area contributed by atoms with Gasteiger partial charge in [0.15, 0.2) is 13.3 Å². The van der Waals surface area contributed by atoms with Gasteiger partial charge in [0.2, 0.25) is 0 Å². The number of guanidine groups is 1. The van der Waals surface area contributed by atoms with Gasteiger partial charge in [-0.3, -0.25) is 4.90 Å². The smallest absolute Gasteiger partial charge is 0.359 e.